The van der Waals surface area contributed by atoms with Crippen molar-refractivity contribution in [3.05, 3.63) is 0 Å². The second-order valence-corrected chi connectivity index (χ2v) is 5.52. The minimum atomic E-state index is 0.290. The maximum Gasteiger partial charge on any atom is 0.0581 e. The molecular formula is C10H20O2S. The fourth-order valence-corrected chi connectivity index (χ4v) is 3.18. The van der Waals surface area contributed by atoms with Crippen LogP contribution in [0, 0.1) is 0 Å². The zero-order valence-corrected chi connectivity index (χ0v) is 9.35. The molecule has 0 bridgehead atoms. The Balaban J connectivity index is 2.25. The van der Waals surface area contributed by atoms with Gasteiger partial charge in [-0.05, 0) is 25.7 Å². The minimum Gasteiger partial charge on any atom is -0.395 e. The SMILES string of the molecule is COC1CCCC(SC(C)CO)C1. The number of ether oxygens (including phenoxy) is 1. The van der Waals surface area contributed by atoms with E-state index in [9.17, 15) is 0 Å². The number of hydrogen-bond donors (Lipinski definition) is 1. The lowest BCUT2D eigenvalue weighted by Gasteiger charge is -2.29. The molecule has 78 valence electrons. The van der Waals surface area contributed by atoms with Crippen LogP contribution in [0.3, 0.4) is 0 Å². The number of rotatable bonds is 4. The Hall–Kier alpha value is 0.270. The van der Waals surface area contributed by atoms with Gasteiger partial charge >= 0.3 is 0 Å². The average molecular weight is 204 g/mol. The van der Waals surface area contributed by atoms with Crippen LogP contribution < -0.4 is 0 Å². The highest BCUT2D eigenvalue weighted by Gasteiger charge is 2.23. The van der Waals surface area contributed by atoms with E-state index in [-0.39, 0.29) is 0 Å². The lowest BCUT2D eigenvalue weighted by atomic mass is 9.97. The number of aliphatic hydroxyl groups is 1. The Kier molecular flexibility index (Phi) is 5.14. The fourth-order valence-electron chi connectivity index (χ4n) is 1.81. The number of methoxy groups -OCH3 is 1. The first kappa shape index (κ1) is 11.3. The van der Waals surface area contributed by atoms with Gasteiger partial charge < -0.3 is 9.84 Å². The van der Waals surface area contributed by atoms with E-state index in [0.717, 1.165) is 6.42 Å². The predicted octanol–water partition coefficient (Wildman–Crippen LogP) is 2.06. The Morgan fingerprint density at radius 1 is 1.54 bits per heavy atom. The molecule has 1 N–H and O–H groups in total. The third-order valence-electron chi connectivity index (χ3n) is 2.59. The lowest BCUT2D eigenvalue weighted by molar-refractivity contribution is 0.0729. The zero-order chi connectivity index (χ0) is 9.68. The summed E-state index contributed by atoms with van der Waals surface area (Å²) in [5, 5.41) is 10.0. The van der Waals surface area contributed by atoms with Crippen LogP contribution in [0.5, 0.6) is 0 Å². The van der Waals surface area contributed by atoms with Gasteiger partial charge in [0.2, 0.25) is 0 Å². The van der Waals surface area contributed by atoms with Gasteiger partial charge in [0, 0.05) is 17.6 Å². The van der Waals surface area contributed by atoms with E-state index in [1.165, 1.54) is 19.3 Å². The second-order valence-electron chi connectivity index (χ2n) is 3.78. The van der Waals surface area contributed by atoms with Crippen LogP contribution in [0.1, 0.15) is 32.6 Å². The molecule has 2 nitrogen and oxygen atoms in total. The second kappa shape index (κ2) is 5.89. The van der Waals surface area contributed by atoms with Crippen molar-refractivity contribution >= 4 is 11.8 Å². The molecular weight excluding hydrogens is 184 g/mol. The van der Waals surface area contributed by atoms with Gasteiger partial charge in [-0.1, -0.05) is 6.92 Å². The number of hydrogen-bond acceptors (Lipinski definition) is 3. The molecule has 0 spiro atoms. The first-order valence-corrected chi connectivity index (χ1v) is 5.99. The molecule has 0 aromatic carbocycles. The monoisotopic (exact) mass is 204 g/mol. The smallest absolute Gasteiger partial charge is 0.0581 e. The third kappa shape index (κ3) is 3.88. The van der Waals surface area contributed by atoms with Gasteiger partial charge in [-0.2, -0.15) is 11.8 Å². The Labute approximate surface area is 85.0 Å². The molecule has 3 heteroatoms. The molecule has 1 saturated carbocycles. The van der Waals surface area contributed by atoms with Gasteiger partial charge in [-0.3, -0.25) is 0 Å². The molecule has 0 aromatic heterocycles. The molecule has 1 aliphatic carbocycles. The molecule has 3 atom stereocenters. The summed E-state index contributed by atoms with van der Waals surface area (Å²) >= 11 is 1.91. The summed E-state index contributed by atoms with van der Waals surface area (Å²) in [6.07, 6.45) is 5.38. The maximum atomic E-state index is 8.94. The highest BCUT2D eigenvalue weighted by atomic mass is 32.2. The van der Waals surface area contributed by atoms with E-state index in [0.29, 0.717) is 23.2 Å². The van der Waals surface area contributed by atoms with Crippen LogP contribution in [0.2, 0.25) is 0 Å². The Morgan fingerprint density at radius 3 is 2.92 bits per heavy atom. The molecule has 13 heavy (non-hydrogen) atoms. The predicted molar refractivity (Wildman–Crippen MR) is 57.2 cm³/mol. The molecule has 0 heterocycles. The van der Waals surface area contributed by atoms with Gasteiger partial charge in [0.05, 0.1) is 12.7 Å². The standard InChI is InChI=1S/C10H20O2S/c1-8(7-11)13-10-5-3-4-9(6-10)12-2/h8-11H,3-7H2,1-2H3. The van der Waals surface area contributed by atoms with Crippen molar-refractivity contribution in [3.63, 3.8) is 0 Å². The van der Waals surface area contributed by atoms with Gasteiger partial charge in [0.15, 0.2) is 0 Å². The van der Waals surface area contributed by atoms with Crippen molar-refractivity contribution < 1.29 is 9.84 Å². The third-order valence-corrected chi connectivity index (χ3v) is 4.02. The summed E-state index contributed by atoms with van der Waals surface area (Å²) in [4.78, 5) is 0. The summed E-state index contributed by atoms with van der Waals surface area (Å²) in [5.74, 6) is 0. The minimum absolute atomic E-state index is 0.290. The van der Waals surface area contributed by atoms with E-state index in [1.54, 1.807) is 7.11 Å². The van der Waals surface area contributed by atoms with Gasteiger partial charge in [0.25, 0.3) is 0 Å². The van der Waals surface area contributed by atoms with E-state index in [2.05, 4.69) is 6.92 Å². The van der Waals surface area contributed by atoms with Crippen molar-refractivity contribution in [1.29, 1.82) is 0 Å². The highest BCUT2D eigenvalue weighted by molar-refractivity contribution is 8.00. The van der Waals surface area contributed by atoms with Crippen LogP contribution in [0.15, 0.2) is 0 Å². The van der Waals surface area contributed by atoms with Crippen LogP contribution in [-0.4, -0.2) is 35.4 Å². The highest BCUT2D eigenvalue weighted by Crippen LogP contribution is 2.31. The number of aliphatic hydroxyl groups excluding tert-OH is 1. The average Bonchev–Trinajstić information content (AvgIpc) is 2.18. The topological polar surface area (TPSA) is 29.5 Å². The quantitative estimate of drug-likeness (QED) is 0.760. The van der Waals surface area contributed by atoms with Crippen molar-refractivity contribution in [3.8, 4) is 0 Å². The molecule has 1 aliphatic rings. The van der Waals surface area contributed by atoms with Gasteiger partial charge in [0.1, 0.15) is 0 Å². The molecule has 0 radical (unpaired) electrons. The van der Waals surface area contributed by atoms with E-state index in [4.69, 9.17) is 9.84 Å². The van der Waals surface area contributed by atoms with Gasteiger partial charge in [-0.25, -0.2) is 0 Å². The molecule has 0 amide bonds. The molecule has 1 rings (SSSR count). The van der Waals surface area contributed by atoms with Gasteiger partial charge in [-0.15, -0.1) is 0 Å². The fraction of sp³-hybridized carbons (Fsp3) is 1.00. The zero-order valence-electron chi connectivity index (χ0n) is 8.53. The van der Waals surface area contributed by atoms with E-state index < -0.39 is 0 Å². The van der Waals surface area contributed by atoms with Crippen molar-refractivity contribution in [2.24, 2.45) is 0 Å². The Bertz CT molecular complexity index is 139. The summed E-state index contributed by atoms with van der Waals surface area (Å²) in [6, 6.07) is 0. The van der Waals surface area contributed by atoms with E-state index in [1.807, 2.05) is 11.8 Å². The molecule has 0 aromatic rings. The summed E-state index contributed by atoms with van der Waals surface area (Å²) in [7, 11) is 1.80. The van der Waals surface area contributed by atoms with Crippen molar-refractivity contribution in [2.45, 2.75) is 49.2 Å². The normalized spacial score (nSPS) is 31.6. The van der Waals surface area contributed by atoms with Crippen LogP contribution in [-0.2, 0) is 4.74 Å². The first-order valence-electron chi connectivity index (χ1n) is 5.05. The molecule has 3 unspecified atom stereocenters. The molecule has 0 saturated heterocycles. The van der Waals surface area contributed by atoms with Crippen LogP contribution >= 0.6 is 11.8 Å². The molecule has 1 fully saturated rings. The van der Waals surface area contributed by atoms with Crippen LogP contribution in [0.25, 0.3) is 0 Å². The molecule has 0 aliphatic heterocycles. The lowest BCUT2D eigenvalue weighted by Crippen LogP contribution is -2.25. The van der Waals surface area contributed by atoms with Crippen LogP contribution in [0.4, 0.5) is 0 Å². The summed E-state index contributed by atoms with van der Waals surface area (Å²) < 4.78 is 5.36. The first-order chi connectivity index (χ1) is 6.26. The summed E-state index contributed by atoms with van der Waals surface area (Å²) in [5.41, 5.74) is 0. The number of thioether (sulfide) groups is 1. The Morgan fingerprint density at radius 2 is 2.31 bits per heavy atom. The van der Waals surface area contributed by atoms with Crippen molar-refractivity contribution in [1.82, 2.24) is 0 Å². The largest absolute Gasteiger partial charge is 0.395 e. The van der Waals surface area contributed by atoms with E-state index >= 15 is 0 Å². The summed E-state index contributed by atoms with van der Waals surface area (Å²) in [6.45, 7) is 2.37. The van der Waals surface area contributed by atoms with Crippen molar-refractivity contribution in [2.75, 3.05) is 13.7 Å². The maximum absolute atomic E-state index is 8.94.